The molecule has 1 aromatic carbocycles. The molecule has 3 rings (SSSR count). The summed E-state index contributed by atoms with van der Waals surface area (Å²) in [6.07, 6.45) is 0. The van der Waals surface area contributed by atoms with Gasteiger partial charge in [0.1, 0.15) is 0 Å². The molecule has 0 spiro atoms. The van der Waals surface area contributed by atoms with Crippen LogP contribution in [0.25, 0.3) is 16.6 Å². The second-order valence-corrected chi connectivity index (χ2v) is 4.19. The van der Waals surface area contributed by atoms with E-state index in [1.807, 2.05) is 44.2 Å². The lowest BCUT2D eigenvalue weighted by Crippen LogP contribution is -2.09. The summed E-state index contributed by atoms with van der Waals surface area (Å²) in [5.41, 5.74) is 2.82. The maximum absolute atomic E-state index is 11.7. The summed E-state index contributed by atoms with van der Waals surface area (Å²) in [5, 5.41) is 11.6. The largest absolute Gasteiger partial charge is 0.292 e. The molecular formula is C13H12N4O. The molecular weight excluding hydrogens is 228 g/mol. The van der Waals surface area contributed by atoms with E-state index in [2.05, 4.69) is 15.3 Å². The molecule has 0 amide bonds. The normalized spacial score (nSPS) is 11.0. The molecule has 0 radical (unpaired) electrons. The van der Waals surface area contributed by atoms with Gasteiger partial charge in [-0.15, -0.1) is 0 Å². The molecule has 0 aliphatic carbocycles. The van der Waals surface area contributed by atoms with Crippen LogP contribution in [0.5, 0.6) is 0 Å². The summed E-state index contributed by atoms with van der Waals surface area (Å²) in [6.45, 7) is 3.80. The average Bonchev–Trinajstić information content (AvgIpc) is 2.74. The molecule has 0 aliphatic heterocycles. The Bertz CT molecular complexity index is 771. The minimum atomic E-state index is -0.256. The third-order valence-corrected chi connectivity index (χ3v) is 3.02. The van der Waals surface area contributed by atoms with Gasteiger partial charge in [-0.25, -0.2) is 9.78 Å². The van der Waals surface area contributed by atoms with Crippen molar-refractivity contribution in [2.45, 2.75) is 13.8 Å². The van der Waals surface area contributed by atoms with Crippen LogP contribution in [0, 0.1) is 13.8 Å². The fraction of sp³-hybridized carbons (Fsp3) is 0.154. The highest BCUT2D eigenvalue weighted by Gasteiger charge is 2.14. The molecule has 18 heavy (non-hydrogen) atoms. The average molecular weight is 240 g/mol. The predicted octanol–water partition coefficient (Wildman–Crippen LogP) is 1.73. The summed E-state index contributed by atoms with van der Waals surface area (Å²) in [4.78, 5) is 11.7. The van der Waals surface area contributed by atoms with Crippen molar-refractivity contribution in [1.82, 2.24) is 20.0 Å². The van der Waals surface area contributed by atoms with Crippen LogP contribution in [0.3, 0.4) is 0 Å². The number of benzene rings is 1. The first-order chi connectivity index (χ1) is 8.68. The lowest BCUT2D eigenvalue weighted by atomic mass is 10.2. The summed E-state index contributed by atoms with van der Waals surface area (Å²) in [5.74, 6) is 0. The van der Waals surface area contributed by atoms with Crippen molar-refractivity contribution >= 4 is 10.9 Å². The molecule has 0 saturated heterocycles. The SMILES string of the molecule is Cc1n[nH]c(=O)c2nn(-c3ccccc3)c(C)c12. The van der Waals surface area contributed by atoms with Crippen molar-refractivity contribution in [3.8, 4) is 5.69 Å². The molecule has 0 atom stereocenters. The number of hydrogen-bond acceptors (Lipinski definition) is 3. The highest BCUT2D eigenvalue weighted by molar-refractivity contribution is 5.83. The quantitative estimate of drug-likeness (QED) is 0.704. The van der Waals surface area contributed by atoms with E-state index < -0.39 is 0 Å². The van der Waals surface area contributed by atoms with Crippen molar-refractivity contribution in [2.75, 3.05) is 0 Å². The molecule has 0 unspecified atom stereocenters. The minimum absolute atomic E-state index is 0.256. The van der Waals surface area contributed by atoms with E-state index in [4.69, 9.17) is 0 Å². The van der Waals surface area contributed by atoms with Crippen LogP contribution in [0.2, 0.25) is 0 Å². The van der Waals surface area contributed by atoms with Gasteiger partial charge in [-0.1, -0.05) is 18.2 Å². The zero-order valence-corrected chi connectivity index (χ0v) is 10.1. The van der Waals surface area contributed by atoms with Gasteiger partial charge in [-0.05, 0) is 26.0 Å². The smallest absolute Gasteiger partial charge is 0.265 e. The Balaban J connectivity index is 2.40. The first-order valence-electron chi connectivity index (χ1n) is 5.68. The van der Waals surface area contributed by atoms with Gasteiger partial charge < -0.3 is 0 Å². The molecule has 5 heteroatoms. The van der Waals surface area contributed by atoms with Gasteiger partial charge in [0, 0.05) is 0 Å². The molecule has 2 aromatic heterocycles. The number of fused-ring (bicyclic) bond motifs is 1. The lowest BCUT2D eigenvalue weighted by molar-refractivity contribution is 0.858. The molecule has 1 N–H and O–H groups in total. The highest BCUT2D eigenvalue weighted by atomic mass is 16.1. The monoisotopic (exact) mass is 240 g/mol. The van der Waals surface area contributed by atoms with E-state index in [0.29, 0.717) is 5.52 Å². The number of nitrogens with one attached hydrogen (secondary N) is 1. The van der Waals surface area contributed by atoms with Crippen LogP contribution in [-0.2, 0) is 0 Å². The zero-order chi connectivity index (χ0) is 12.7. The van der Waals surface area contributed by atoms with Gasteiger partial charge in [-0.2, -0.15) is 10.2 Å². The van der Waals surface area contributed by atoms with E-state index in [0.717, 1.165) is 22.5 Å². The summed E-state index contributed by atoms with van der Waals surface area (Å²) < 4.78 is 1.77. The molecule has 0 aliphatic rings. The van der Waals surface area contributed by atoms with Crippen LogP contribution in [0.1, 0.15) is 11.4 Å². The third-order valence-electron chi connectivity index (χ3n) is 3.02. The number of nitrogens with zero attached hydrogens (tertiary/aromatic N) is 3. The minimum Gasteiger partial charge on any atom is -0.265 e. The van der Waals surface area contributed by atoms with Gasteiger partial charge in [0.05, 0.1) is 22.5 Å². The van der Waals surface area contributed by atoms with Crippen LogP contribution >= 0.6 is 0 Å². The summed E-state index contributed by atoms with van der Waals surface area (Å²) in [6, 6.07) is 9.74. The number of para-hydroxylation sites is 1. The van der Waals surface area contributed by atoms with Crippen molar-refractivity contribution < 1.29 is 0 Å². The fourth-order valence-electron chi connectivity index (χ4n) is 2.16. The third kappa shape index (κ3) is 1.44. The Kier molecular flexibility index (Phi) is 2.26. The number of aromatic amines is 1. The standard InChI is InChI=1S/C13H12N4O/c1-8-11-9(2)17(10-6-4-3-5-7-10)16-12(11)13(18)15-14-8/h3-7H,1-2H3,(H,15,18). The van der Waals surface area contributed by atoms with Crippen molar-refractivity contribution in [3.63, 3.8) is 0 Å². The van der Waals surface area contributed by atoms with E-state index in [1.54, 1.807) is 4.68 Å². The maximum Gasteiger partial charge on any atom is 0.292 e. The van der Waals surface area contributed by atoms with Gasteiger partial charge in [0.15, 0.2) is 5.52 Å². The molecule has 3 aromatic rings. The van der Waals surface area contributed by atoms with Crippen molar-refractivity contribution in [2.24, 2.45) is 0 Å². The van der Waals surface area contributed by atoms with E-state index >= 15 is 0 Å². The summed E-state index contributed by atoms with van der Waals surface area (Å²) in [7, 11) is 0. The van der Waals surface area contributed by atoms with E-state index in [9.17, 15) is 4.79 Å². The van der Waals surface area contributed by atoms with Crippen molar-refractivity contribution in [1.29, 1.82) is 0 Å². The number of H-pyrrole nitrogens is 1. The van der Waals surface area contributed by atoms with Gasteiger partial charge >= 0.3 is 0 Å². The molecule has 0 saturated carbocycles. The molecule has 2 heterocycles. The van der Waals surface area contributed by atoms with Crippen LogP contribution in [0.15, 0.2) is 35.1 Å². The number of rotatable bonds is 1. The zero-order valence-electron chi connectivity index (χ0n) is 10.1. The van der Waals surface area contributed by atoms with Crippen LogP contribution in [-0.4, -0.2) is 20.0 Å². The summed E-state index contributed by atoms with van der Waals surface area (Å²) >= 11 is 0. The number of hydrogen-bond donors (Lipinski definition) is 1. The van der Waals surface area contributed by atoms with E-state index in [1.165, 1.54) is 0 Å². The molecule has 5 nitrogen and oxygen atoms in total. The van der Waals surface area contributed by atoms with Crippen molar-refractivity contribution in [3.05, 3.63) is 52.1 Å². The molecule has 0 bridgehead atoms. The Morgan fingerprint density at radius 1 is 1.17 bits per heavy atom. The first kappa shape index (κ1) is 10.7. The highest BCUT2D eigenvalue weighted by Crippen LogP contribution is 2.20. The number of aromatic nitrogens is 4. The molecule has 90 valence electrons. The van der Waals surface area contributed by atoms with Gasteiger partial charge in [0.25, 0.3) is 5.56 Å². The Labute approximate surface area is 103 Å². The maximum atomic E-state index is 11.7. The second-order valence-electron chi connectivity index (χ2n) is 4.19. The number of aryl methyl sites for hydroxylation is 2. The van der Waals surface area contributed by atoms with E-state index in [-0.39, 0.29) is 5.56 Å². The predicted molar refractivity (Wildman–Crippen MR) is 69.0 cm³/mol. The fourth-order valence-corrected chi connectivity index (χ4v) is 2.16. The van der Waals surface area contributed by atoms with Gasteiger partial charge in [0.2, 0.25) is 0 Å². The van der Waals surface area contributed by atoms with Crippen LogP contribution < -0.4 is 5.56 Å². The van der Waals surface area contributed by atoms with Crippen LogP contribution in [0.4, 0.5) is 0 Å². The Morgan fingerprint density at radius 3 is 2.56 bits per heavy atom. The second kappa shape index (κ2) is 3.80. The Hall–Kier alpha value is -2.43. The lowest BCUT2D eigenvalue weighted by Gasteiger charge is -2.03. The first-order valence-corrected chi connectivity index (χ1v) is 5.68. The molecule has 0 fully saturated rings. The Morgan fingerprint density at radius 2 is 1.89 bits per heavy atom. The topological polar surface area (TPSA) is 63.6 Å². The van der Waals surface area contributed by atoms with Gasteiger partial charge in [-0.3, -0.25) is 4.79 Å².